The van der Waals surface area contributed by atoms with Crippen molar-refractivity contribution in [3.63, 3.8) is 0 Å². The molecule has 0 spiro atoms. The maximum Gasteiger partial charge on any atom is 0.317 e. The molecule has 0 aliphatic heterocycles. The molecule has 0 heterocycles. The lowest BCUT2D eigenvalue weighted by Crippen LogP contribution is -2.31. The van der Waals surface area contributed by atoms with Gasteiger partial charge in [0.05, 0.1) is 12.6 Å². The Morgan fingerprint density at radius 2 is 1.93 bits per heavy atom. The van der Waals surface area contributed by atoms with Gasteiger partial charge in [-0.2, -0.15) is 0 Å². The highest BCUT2D eigenvalue weighted by Gasteiger charge is 2.16. The number of carboxylic acids is 1. The number of Topliss-reactive ketones (excluding diaryl/α,β-unsaturated/α-hetero) is 1. The van der Waals surface area contributed by atoms with Crippen LogP contribution in [-0.4, -0.2) is 23.4 Å². The van der Waals surface area contributed by atoms with Gasteiger partial charge in [0.25, 0.3) is 0 Å². The van der Waals surface area contributed by atoms with E-state index in [1.165, 1.54) is 6.92 Å². The molecule has 4 nitrogen and oxygen atoms in total. The summed E-state index contributed by atoms with van der Waals surface area (Å²) in [5.41, 5.74) is 0.784. The van der Waals surface area contributed by atoms with Crippen LogP contribution in [0.3, 0.4) is 0 Å². The number of carbonyl (C=O) groups excluding carboxylic acids is 1. The Morgan fingerprint density at radius 1 is 1.33 bits per heavy atom. The molecule has 0 aliphatic rings. The fraction of sp³-hybridized carbons (Fsp3) is 0.273. The van der Waals surface area contributed by atoms with Gasteiger partial charge >= 0.3 is 5.97 Å². The Morgan fingerprint density at radius 3 is 2.40 bits per heavy atom. The number of ketones is 1. The molecular weight excluding hydrogens is 194 g/mol. The second-order valence-electron chi connectivity index (χ2n) is 3.23. The number of benzene rings is 1. The lowest BCUT2D eigenvalue weighted by Gasteiger charge is -2.14. The number of carboxylic acid groups (broad SMARTS) is 1. The van der Waals surface area contributed by atoms with Crippen molar-refractivity contribution < 1.29 is 14.7 Å². The summed E-state index contributed by atoms with van der Waals surface area (Å²) in [6.07, 6.45) is 0. The highest BCUT2D eigenvalue weighted by molar-refractivity contribution is 5.83. The number of nitrogens with one attached hydrogen (secondary N) is 1. The van der Waals surface area contributed by atoms with Gasteiger partial charge in [0.1, 0.15) is 0 Å². The minimum Gasteiger partial charge on any atom is -0.480 e. The quantitative estimate of drug-likeness (QED) is 0.755. The maximum absolute atomic E-state index is 11.3. The Kier molecular flexibility index (Phi) is 4.00. The van der Waals surface area contributed by atoms with Crippen LogP contribution in [0.5, 0.6) is 0 Å². The Labute approximate surface area is 87.9 Å². The molecule has 0 bridgehead atoms. The second-order valence-corrected chi connectivity index (χ2v) is 3.23. The number of rotatable bonds is 5. The maximum atomic E-state index is 11.3. The molecule has 1 aromatic carbocycles. The van der Waals surface area contributed by atoms with E-state index >= 15 is 0 Å². The van der Waals surface area contributed by atoms with Crippen LogP contribution in [0, 0.1) is 0 Å². The van der Waals surface area contributed by atoms with Crippen LogP contribution in [0.4, 0.5) is 0 Å². The van der Waals surface area contributed by atoms with Crippen molar-refractivity contribution in [1.82, 2.24) is 5.32 Å². The van der Waals surface area contributed by atoms with E-state index in [1.807, 2.05) is 18.2 Å². The van der Waals surface area contributed by atoms with Crippen LogP contribution in [0.15, 0.2) is 30.3 Å². The van der Waals surface area contributed by atoms with Gasteiger partial charge in [-0.1, -0.05) is 30.3 Å². The lowest BCUT2D eigenvalue weighted by molar-refractivity contribution is -0.136. The van der Waals surface area contributed by atoms with Crippen molar-refractivity contribution in [3.05, 3.63) is 35.9 Å². The normalized spacial score (nSPS) is 12.1. The molecule has 0 fully saturated rings. The molecule has 1 rings (SSSR count). The molecule has 0 radical (unpaired) electrons. The molecule has 0 aromatic heterocycles. The van der Waals surface area contributed by atoms with Gasteiger partial charge < -0.3 is 5.11 Å². The molecular formula is C11H13NO3. The summed E-state index contributed by atoms with van der Waals surface area (Å²) < 4.78 is 0. The average Bonchev–Trinajstić information content (AvgIpc) is 2.18. The molecule has 1 unspecified atom stereocenters. The van der Waals surface area contributed by atoms with E-state index in [4.69, 9.17) is 5.11 Å². The first-order chi connectivity index (χ1) is 7.11. The molecule has 2 N–H and O–H groups in total. The summed E-state index contributed by atoms with van der Waals surface area (Å²) in [6.45, 7) is 1.21. The summed E-state index contributed by atoms with van der Waals surface area (Å²) in [5.74, 6) is -1.07. The van der Waals surface area contributed by atoms with Crippen molar-refractivity contribution in [2.45, 2.75) is 13.0 Å². The second kappa shape index (κ2) is 5.26. The van der Waals surface area contributed by atoms with E-state index in [-0.39, 0.29) is 12.3 Å². The van der Waals surface area contributed by atoms with Gasteiger partial charge in [-0.15, -0.1) is 0 Å². The lowest BCUT2D eigenvalue weighted by atomic mass is 10.0. The van der Waals surface area contributed by atoms with Crippen molar-refractivity contribution in [3.8, 4) is 0 Å². The highest BCUT2D eigenvalue weighted by Crippen LogP contribution is 2.12. The van der Waals surface area contributed by atoms with E-state index < -0.39 is 12.0 Å². The molecule has 0 aliphatic carbocycles. The first kappa shape index (κ1) is 11.4. The van der Waals surface area contributed by atoms with Crippen molar-refractivity contribution in [2.24, 2.45) is 0 Å². The number of aliphatic carboxylic acids is 1. The molecule has 0 amide bonds. The van der Waals surface area contributed by atoms with Gasteiger partial charge in [0, 0.05) is 0 Å². The number of carbonyl (C=O) groups is 2. The van der Waals surface area contributed by atoms with Crippen LogP contribution in [-0.2, 0) is 9.59 Å². The third kappa shape index (κ3) is 3.52. The van der Waals surface area contributed by atoms with E-state index in [9.17, 15) is 9.59 Å². The zero-order chi connectivity index (χ0) is 11.3. The van der Waals surface area contributed by atoms with Crippen molar-refractivity contribution in [2.75, 3.05) is 6.54 Å². The van der Waals surface area contributed by atoms with E-state index in [2.05, 4.69) is 5.32 Å². The molecule has 80 valence electrons. The standard InChI is InChI=1S/C11H13NO3/c1-8(13)11(12-7-10(14)15)9-5-3-2-4-6-9/h2-6,11-12H,7H2,1H3,(H,14,15). The molecule has 1 atom stereocenters. The van der Waals surface area contributed by atoms with Crippen LogP contribution in [0.2, 0.25) is 0 Å². The van der Waals surface area contributed by atoms with Crippen molar-refractivity contribution in [1.29, 1.82) is 0 Å². The zero-order valence-corrected chi connectivity index (χ0v) is 8.43. The number of hydrogen-bond acceptors (Lipinski definition) is 3. The summed E-state index contributed by atoms with van der Waals surface area (Å²) in [7, 11) is 0. The smallest absolute Gasteiger partial charge is 0.317 e. The van der Waals surface area contributed by atoms with E-state index in [0.29, 0.717) is 0 Å². The molecule has 15 heavy (non-hydrogen) atoms. The largest absolute Gasteiger partial charge is 0.480 e. The third-order valence-electron chi connectivity index (χ3n) is 2.00. The third-order valence-corrected chi connectivity index (χ3v) is 2.00. The first-order valence-corrected chi connectivity index (χ1v) is 4.62. The minimum absolute atomic E-state index is 0.0950. The molecule has 0 saturated heterocycles. The Bertz CT molecular complexity index is 348. The molecule has 4 heteroatoms. The van der Waals surface area contributed by atoms with Gasteiger partial charge in [-0.05, 0) is 12.5 Å². The SMILES string of the molecule is CC(=O)C(NCC(=O)O)c1ccccc1. The van der Waals surface area contributed by atoms with Crippen LogP contribution in [0.1, 0.15) is 18.5 Å². The zero-order valence-electron chi connectivity index (χ0n) is 8.43. The van der Waals surface area contributed by atoms with E-state index in [0.717, 1.165) is 5.56 Å². The van der Waals surface area contributed by atoms with Crippen LogP contribution in [0.25, 0.3) is 0 Å². The summed E-state index contributed by atoms with van der Waals surface area (Å²) in [4.78, 5) is 21.7. The average molecular weight is 207 g/mol. The van der Waals surface area contributed by atoms with E-state index in [1.54, 1.807) is 12.1 Å². The Hall–Kier alpha value is -1.68. The topological polar surface area (TPSA) is 66.4 Å². The fourth-order valence-electron chi connectivity index (χ4n) is 1.33. The van der Waals surface area contributed by atoms with Crippen molar-refractivity contribution >= 4 is 11.8 Å². The molecule has 1 aromatic rings. The highest BCUT2D eigenvalue weighted by atomic mass is 16.4. The first-order valence-electron chi connectivity index (χ1n) is 4.62. The summed E-state index contributed by atoms with van der Waals surface area (Å²) in [5, 5.41) is 11.2. The van der Waals surface area contributed by atoms with Crippen LogP contribution < -0.4 is 5.32 Å². The van der Waals surface area contributed by atoms with Crippen LogP contribution >= 0.6 is 0 Å². The predicted octanol–water partition coefficient (Wildman–Crippen LogP) is 0.991. The number of hydrogen-bond donors (Lipinski definition) is 2. The van der Waals surface area contributed by atoms with Gasteiger partial charge in [-0.3, -0.25) is 14.9 Å². The predicted molar refractivity (Wildman–Crippen MR) is 55.5 cm³/mol. The van der Waals surface area contributed by atoms with Gasteiger partial charge in [0.15, 0.2) is 5.78 Å². The Balaban J connectivity index is 2.75. The van der Waals surface area contributed by atoms with Gasteiger partial charge in [0.2, 0.25) is 0 Å². The van der Waals surface area contributed by atoms with Gasteiger partial charge in [-0.25, -0.2) is 0 Å². The monoisotopic (exact) mass is 207 g/mol. The summed E-state index contributed by atoms with van der Waals surface area (Å²) >= 11 is 0. The summed E-state index contributed by atoms with van der Waals surface area (Å²) in [6, 6.07) is 8.52. The minimum atomic E-state index is -0.975. The fourth-order valence-corrected chi connectivity index (χ4v) is 1.33. The molecule has 0 saturated carbocycles.